The number of imide groups is 1. The van der Waals surface area contributed by atoms with Gasteiger partial charge in [0.1, 0.15) is 11.8 Å². The highest BCUT2D eigenvalue weighted by Crippen LogP contribution is 2.29. The molecule has 0 bridgehead atoms. The minimum Gasteiger partial charge on any atom is -0.497 e. The molecule has 2 aromatic rings. The van der Waals surface area contributed by atoms with E-state index in [9.17, 15) is 14.4 Å². The second-order valence-corrected chi connectivity index (χ2v) is 7.82. The molecule has 1 atom stereocenters. The van der Waals surface area contributed by atoms with Gasteiger partial charge in [-0.2, -0.15) is 0 Å². The number of ether oxygens (including phenoxy) is 1. The Kier molecular flexibility index (Phi) is 6.21. The van der Waals surface area contributed by atoms with Gasteiger partial charge in [-0.05, 0) is 68.5 Å². The van der Waals surface area contributed by atoms with Crippen LogP contribution in [0.15, 0.2) is 58.7 Å². The molecule has 0 radical (unpaired) electrons. The summed E-state index contributed by atoms with van der Waals surface area (Å²) < 4.78 is 10.4. The molecule has 31 heavy (non-hydrogen) atoms. The highest BCUT2D eigenvalue weighted by Gasteiger charge is 2.44. The van der Waals surface area contributed by atoms with Gasteiger partial charge in [0.25, 0.3) is 11.8 Å². The number of carbonyl (C=O) groups is 3. The number of hydrogen-bond donors (Lipinski definition) is 0. The molecule has 1 aromatic heterocycles. The summed E-state index contributed by atoms with van der Waals surface area (Å²) in [6.45, 7) is 0.367. The predicted molar refractivity (Wildman–Crippen MR) is 115 cm³/mol. The lowest BCUT2D eigenvalue weighted by atomic mass is 9.97. The van der Waals surface area contributed by atoms with Crippen molar-refractivity contribution >= 4 is 23.4 Å². The second-order valence-electron chi connectivity index (χ2n) is 7.82. The van der Waals surface area contributed by atoms with Crippen molar-refractivity contribution in [3.8, 4) is 5.75 Å². The van der Waals surface area contributed by atoms with Crippen LogP contribution in [0.4, 0.5) is 5.69 Å². The van der Waals surface area contributed by atoms with Crippen LogP contribution in [0.2, 0.25) is 0 Å². The monoisotopic (exact) mass is 422 g/mol. The number of allylic oxidation sites excluding steroid dienone is 1. The van der Waals surface area contributed by atoms with E-state index in [2.05, 4.69) is 6.08 Å². The first kappa shape index (κ1) is 20.9. The van der Waals surface area contributed by atoms with E-state index >= 15 is 0 Å². The smallest absolute Gasteiger partial charge is 0.290 e. The zero-order valence-electron chi connectivity index (χ0n) is 17.6. The number of anilines is 1. The Bertz CT molecular complexity index is 978. The van der Waals surface area contributed by atoms with E-state index in [1.54, 1.807) is 43.5 Å². The topological polar surface area (TPSA) is 80.1 Å². The third-order valence-electron chi connectivity index (χ3n) is 5.88. The lowest BCUT2D eigenvalue weighted by Gasteiger charge is -2.27. The summed E-state index contributed by atoms with van der Waals surface area (Å²) >= 11 is 0. The molecule has 1 aliphatic carbocycles. The predicted octanol–water partition coefficient (Wildman–Crippen LogP) is 3.95. The van der Waals surface area contributed by atoms with Crippen LogP contribution in [0.1, 0.15) is 49.1 Å². The maximum absolute atomic E-state index is 13.3. The fraction of sp³-hybridized carbons (Fsp3) is 0.375. The molecule has 2 heterocycles. The third kappa shape index (κ3) is 4.40. The summed E-state index contributed by atoms with van der Waals surface area (Å²) in [5, 5.41) is 0. The average molecular weight is 422 g/mol. The van der Waals surface area contributed by atoms with Gasteiger partial charge in [0, 0.05) is 6.54 Å². The number of methoxy groups -OCH3 is 1. The molecule has 2 aliphatic rings. The Morgan fingerprint density at radius 1 is 1.19 bits per heavy atom. The summed E-state index contributed by atoms with van der Waals surface area (Å²) in [7, 11) is 1.55. The lowest BCUT2D eigenvalue weighted by molar-refractivity contribution is -0.122. The molecule has 1 aromatic carbocycles. The van der Waals surface area contributed by atoms with Crippen molar-refractivity contribution in [2.45, 2.75) is 44.6 Å². The van der Waals surface area contributed by atoms with E-state index in [0.717, 1.165) is 24.2 Å². The van der Waals surface area contributed by atoms with Gasteiger partial charge in [0.2, 0.25) is 5.91 Å². The van der Waals surface area contributed by atoms with Crippen LogP contribution in [0.3, 0.4) is 0 Å². The highest BCUT2D eigenvalue weighted by atomic mass is 16.5. The molecule has 7 heteroatoms. The van der Waals surface area contributed by atoms with Gasteiger partial charge in [-0.15, -0.1) is 0 Å². The zero-order valence-corrected chi connectivity index (χ0v) is 17.6. The van der Waals surface area contributed by atoms with Crippen LogP contribution in [-0.2, 0) is 9.59 Å². The highest BCUT2D eigenvalue weighted by molar-refractivity contribution is 6.23. The Morgan fingerprint density at radius 3 is 2.65 bits per heavy atom. The molecule has 1 unspecified atom stereocenters. The third-order valence-corrected chi connectivity index (χ3v) is 5.88. The van der Waals surface area contributed by atoms with Gasteiger partial charge >= 0.3 is 0 Å². The largest absolute Gasteiger partial charge is 0.497 e. The van der Waals surface area contributed by atoms with Crippen molar-refractivity contribution in [3.63, 3.8) is 0 Å². The van der Waals surface area contributed by atoms with Crippen molar-refractivity contribution in [1.82, 2.24) is 4.90 Å². The molecular weight excluding hydrogens is 396 g/mol. The van der Waals surface area contributed by atoms with Gasteiger partial charge in [0.05, 0.1) is 25.5 Å². The Balaban J connectivity index is 1.57. The first-order chi connectivity index (χ1) is 15.1. The van der Waals surface area contributed by atoms with Crippen molar-refractivity contribution in [2.75, 3.05) is 18.6 Å². The van der Waals surface area contributed by atoms with Crippen LogP contribution in [0.25, 0.3) is 0 Å². The van der Waals surface area contributed by atoms with Crippen LogP contribution in [-0.4, -0.2) is 42.3 Å². The molecule has 1 fully saturated rings. The van der Waals surface area contributed by atoms with Gasteiger partial charge < -0.3 is 14.1 Å². The first-order valence-corrected chi connectivity index (χ1v) is 10.6. The first-order valence-electron chi connectivity index (χ1n) is 10.6. The van der Waals surface area contributed by atoms with E-state index < -0.39 is 11.9 Å². The Hall–Kier alpha value is -3.35. The molecular formula is C24H26N2O5. The molecule has 3 amide bonds. The van der Waals surface area contributed by atoms with Gasteiger partial charge in [0.15, 0.2) is 5.76 Å². The summed E-state index contributed by atoms with van der Waals surface area (Å²) in [6, 6.07) is 9.11. The number of benzene rings is 1. The van der Waals surface area contributed by atoms with Crippen molar-refractivity contribution in [2.24, 2.45) is 0 Å². The summed E-state index contributed by atoms with van der Waals surface area (Å²) in [5.74, 6) is -0.290. The SMILES string of the molecule is COc1ccc(N2C(=O)CC(N(CCC3=CCCCC3)C(=O)c3ccco3)C2=O)cc1. The van der Waals surface area contributed by atoms with Gasteiger partial charge in [-0.25, -0.2) is 4.90 Å². The normalized spacial score (nSPS) is 18.8. The van der Waals surface area contributed by atoms with Crippen molar-refractivity contribution in [1.29, 1.82) is 0 Å². The number of nitrogens with zero attached hydrogens (tertiary/aromatic N) is 2. The number of carbonyl (C=O) groups excluding carboxylic acids is 3. The van der Waals surface area contributed by atoms with E-state index in [4.69, 9.17) is 9.15 Å². The van der Waals surface area contributed by atoms with Crippen LogP contribution in [0, 0.1) is 0 Å². The van der Waals surface area contributed by atoms with Crippen LogP contribution in [0.5, 0.6) is 5.75 Å². The fourth-order valence-electron chi connectivity index (χ4n) is 4.20. The Labute approximate surface area is 181 Å². The standard InChI is InChI=1S/C24H26N2O5/c1-30-19-11-9-18(10-12-19)26-22(27)16-20(23(26)28)25(24(29)21-8-5-15-31-21)14-13-17-6-3-2-4-7-17/h5-6,8-12,15,20H,2-4,7,13-14,16H2,1H3. The molecule has 0 spiro atoms. The van der Waals surface area contributed by atoms with Gasteiger partial charge in [-0.1, -0.05) is 11.6 Å². The number of amides is 3. The average Bonchev–Trinajstić information content (AvgIpc) is 3.43. The van der Waals surface area contributed by atoms with Crippen molar-refractivity contribution < 1.29 is 23.5 Å². The molecule has 162 valence electrons. The summed E-state index contributed by atoms with van der Waals surface area (Å²) in [4.78, 5) is 41.9. The summed E-state index contributed by atoms with van der Waals surface area (Å²) in [6.07, 6.45) is 8.69. The Morgan fingerprint density at radius 2 is 2.00 bits per heavy atom. The molecule has 0 N–H and O–H groups in total. The van der Waals surface area contributed by atoms with Gasteiger partial charge in [-0.3, -0.25) is 14.4 Å². The molecule has 1 aliphatic heterocycles. The lowest BCUT2D eigenvalue weighted by Crippen LogP contribution is -2.46. The van der Waals surface area contributed by atoms with Crippen LogP contribution < -0.4 is 9.64 Å². The second kappa shape index (κ2) is 9.20. The number of hydrogen-bond acceptors (Lipinski definition) is 5. The minimum absolute atomic E-state index is 0.0453. The van der Waals surface area contributed by atoms with E-state index in [1.165, 1.54) is 23.2 Å². The minimum atomic E-state index is -0.851. The summed E-state index contributed by atoms with van der Waals surface area (Å²) in [5.41, 5.74) is 1.77. The quantitative estimate of drug-likeness (QED) is 0.499. The van der Waals surface area contributed by atoms with E-state index in [-0.39, 0.29) is 24.0 Å². The van der Waals surface area contributed by atoms with Crippen LogP contribution >= 0.6 is 0 Å². The number of furan rings is 1. The molecule has 0 saturated carbocycles. The van der Waals surface area contributed by atoms with Crippen molar-refractivity contribution in [3.05, 3.63) is 60.1 Å². The molecule has 4 rings (SSSR count). The van der Waals surface area contributed by atoms with E-state index in [0.29, 0.717) is 24.4 Å². The zero-order chi connectivity index (χ0) is 21.8. The number of rotatable bonds is 7. The maximum atomic E-state index is 13.3. The molecule has 7 nitrogen and oxygen atoms in total. The van der Waals surface area contributed by atoms with E-state index in [1.807, 2.05) is 0 Å². The molecule has 1 saturated heterocycles. The maximum Gasteiger partial charge on any atom is 0.290 e. The fourth-order valence-corrected chi connectivity index (χ4v) is 4.20.